The number of aliphatic hydroxyl groups excluding tert-OH is 1. The zero-order valence-corrected chi connectivity index (χ0v) is 30.8. The summed E-state index contributed by atoms with van der Waals surface area (Å²) in [5, 5.41) is 11.8. The smallest absolute Gasteiger partial charge is 0.312 e. The lowest BCUT2D eigenvalue weighted by atomic mass is 9.73. The van der Waals surface area contributed by atoms with Gasteiger partial charge in [0.1, 0.15) is 5.60 Å². The predicted octanol–water partition coefficient (Wildman–Crippen LogP) is 9.75. The number of cyclic esters (lactones) is 1. The largest absolute Gasteiger partial charge is 0.454 e. The van der Waals surface area contributed by atoms with Crippen molar-refractivity contribution >= 4 is 5.97 Å². The molecule has 1 aliphatic heterocycles. The number of carbonyl (C=O) groups excluding carboxylic acids is 1. The zero-order valence-electron chi connectivity index (χ0n) is 30.8. The van der Waals surface area contributed by atoms with Crippen LogP contribution in [0.4, 0.5) is 0 Å². The van der Waals surface area contributed by atoms with E-state index in [4.69, 9.17) is 14.2 Å². The topological polar surface area (TPSA) is 65.0 Å². The Balaban J connectivity index is 1.48. The van der Waals surface area contributed by atoms with Gasteiger partial charge in [-0.25, -0.2) is 0 Å². The van der Waals surface area contributed by atoms with E-state index in [1.54, 1.807) is 0 Å². The summed E-state index contributed by atoms with van der Waals surface area (Å²) in [4.78, 5) is 13.9. The molecule has 1 N–H and O–H groups in total. The Morgan fingerprint density at radius 1 is 0.700 bits per heavy atom. The lowest BCUT2D eigenvalue weighted by Crippen LogP contribution is -2.44. The normalized spacial score (nSPS) is 19.0. The van der Waals surface area contributed by atoms with Gasteiger partial charge in [-0.3, -0.25) is 4.79 Å². The number of hydrogen-bond donors (Lipinski definition) is 1. The third kappa shape index (κ3) is 9.72. The van der Waals surface area contributed by atoms with Gasteiger partial charge in [-0.05, 0) is 58.3 Å². The molecule has 4 aromatic carbocycles. The minimum Gasteiger partial charge on any atom is -0.454 e. The molecule has 0 radical (unpaired) electrons. The first-order valence-corrected chi connectivity index (χ1v) is 18.1. The van der Waals surface area contributed by atoms with Crippen LogP contribution in [-0.2, 0) is 31.2 Å². The van der Waals surface area contributed by atoms with Crippen LogP contribution in [0.25, 0.3) is 0 Å². The molecule has 2 unspecified atom stereocenters. The SMILES string of the molecule is CC(C)(C)CC(CC(O)C1C[C@@](COCc2ccccc2)(COC(c2ccccc2)(c2ccccc2)c2ccccc2)OC1=O)CC(C)(C)C. The Bertz CT molecular complexity index is 1500. The van der Waals surface area contributed by atoms with Crippen molar-refractivity contribution in [2.24, 2.45) is 22.7 Å². The fourth-order valence-electron chi connectivity index (χ4n) is 7.74. The van der Waals surface area contributed by atoms with E-state index in [1.165, 1.54) is 0 Å². The summed E-state index contributed by atoms with van der Waals surface area (Å²) in [5.74, 6) is -0.805. The Hall–Kier alpha value is -3.77. The average Bonchev–Trinajstić information content (AvgIpc) is 3.41. The first kappa shape index (κ1) is 37.5. The quantitative estimate of drug-likeness (QED) is 0.100. The molecule has 3 atom stereocenters. The van der Waals surface area contributed by atoms with Crippen LogP contribution in [0.2, 0.25) is 0 Å². The van der Waals surface area contributed by atoms with Crippen LogP contribution in [0.5, 0.6) is 0 Å². The Labute approximate surface area is 300 Å². The fourth-order valence-corrected chi connectivity index (χ4v) is 7.74. The summed E-state index contributed by atoms with van der Waals surface area (Å²) in [6.07, 6.45) is 1.93. The van der Waals surface area contributed by atoms with Crippen molar-refractivity contribution in [1.29, 1.82) is 0 Å². The average molecular weight is 677 g/mol. The second-order valence-corrected chi connectivity index (χ2v) is 16.7. The number of rotatable bonds is 15. The van der Waals surface area contributed by atoms with E-state index < -0.39 is 23.2 Å². The molecule has 0 spiro atoms. The minimum absolute atomic E-state index is 0.0723. The van der Waals surface area contributed by atoms with Crippen molar-refractivity contribution < 1.29 is 24.1 Å². The van der Waals surface area contributed by atoms with Gasteiger partial charge in [0.05, 0.1) is 31.8 Å². The van der Waals surface area contributed by atoms with E-state index in [1.807, 2.05) is 84.9 Å². The molecular weight excluding hydrogens is 620 g/mol. The van der Waals surface area contributed by atoms with E-state index in [-0.39, 0.29) is 35.9 Å². The van der Waals surface area contributed by atoms with Gasteiger partial charge < -0.3 is 19.3 Å². The van der Waals surface area contributed by atoms with Crippen LogP contribution in [0.1, 0.15) is 89.5 Å². The molecule has 1 saturated heterocycles. The highest BCUT2D eigenvalue weighted by Gasteiger charge is 2.52. The molecule has 5 rings (SSSR count). The lowest BCUT2D eigenvalue weighted by Gasteiger charge is -2.39. The third-order valence-electron chi connectivity index (χ3n) is 9.62. The van der Waals surface area contributed by atoms with Crippen LogP contribution in [0.3, 0.4) is 0 Å². The van der Waals surface area contributed by atoms with E-state index >= 15 is 0 Å². The summed E-state index contributed by atoms with van der Waals surface area (Å²) in [6.45, 7) is 14.0. The van der Waals surface area contributed by atoms with E-state index in [9.17, 15) is 9.90 Å². The summed E-state index contributed by atoms with van der Waals surface area (Å²) in [6, 6.07) is 40.6. The van der Waals surface area contributed by atoms with Crippen LogP contribution in [0, 0.1) is 22.7 Å². The van der Waals surface area contributed by atoms with Crippen molar-refractivity contribution in [3.05, 3.63) is 144 Å². The van der Waals surface area contributed by atoms with E-state index in [0.29, 0.717) is 19.4 Å². The van der Waals surface area contributed by atoms with Crippen LogP contribution in [0.15, 0.2) is 121 Å². The Kier molecular flexibility index (Phi) is 12.0. The van der Waals surface area contributed by atoms with Gasteiger partial charge in [-0.2, -0.15) is 0 Å². The van der Waals surface area contributed by atoms with Crippen molar-refractivity contribution in [1.82, 2.24) is 0 Å². The van der Waals surface area contributed by atoms with Crippen LogP contribution < -0.4 is 0 Å². The molecule has 1 aliphatic rings. The minimum atomic E-state index is -1.11. The summed E-state index contributed by atoms with van der Waals surface area (Å²) in [7, 11) is 0. The highest BCUT2D eigenvalue weighted by molar-refractivity contribution is 5.76. The van der Waals surface area contributed by atoms with Crippen molar-refractivity contribution in [3.8, 4) is 0 Å². The highest BCUT2D eigenvalue weighted by atomic mass is 16.6. The van der Waals surface area contributed by atoms with Crippen molar-refractivity contribution in [3.63, 3.8) is 0 Å². The Morgan fingerprint density at radius 2 is 1.14 bits per heavy atom. The summed E-state index contributed by atoms with van der Waals surface area (Å²) >= 11 is 0. The molecule has 0 bridgehead atoms. The number of benzene rings is 4. The zero-order chi connectivity index (χ0) is 35.8. The van der Waals surface area contributed by atoms with Crippen molar-refractivity contribution in [2.75, 3.05) is 13.2 Å². The highest BCUT2D eigenvalue weighted by Crippen LogP contribution is 2.44. The van der Waals surface area contributed by atoms with E-state index in [2.05, 4.69) is 77.9 Å². The molecule has 1 heterocycles. The molecule has 4 aromatic rings. The molecule has 0 amide bonds. The van der Waals surface area contributed by atoms with Gasteiger partial charge in [0, 0.05) is 6.42 Å². The molecule has 5 heteroatoms. The third-order valence-corrected chi connectivity index (χ3v) is 9.62. The first-order chi connectivity index (χ1) is 23.8. The fraction of sp³-hybridized carbons (Fsp3) is 0.444. The summed E-state index contributed by atoms with van der Waals surface area (Å²) < 4.78 is 19.9. The standard InChI is InChI=1S/C45H56O5/c1-42(2,3)28-35(29-43(4,5)6)27-40(46)39-30-44(50-41(39)47,32-48-31-34-19-11-7-12-20-34)33-49-45(36-21-13-8-14-22-36,37-23-15-9-16-24-37)38-25-17-10-18-26-38/h7-26,35,39-40,46H,27-33H2,1-6H3/t39?,40?,44-/m1/s1. The number of ether oxygens (including phenoxy) is 3. The predicted molar refractivity (Wildman–Crippen MR) is 200 cm³/mol. The monoisotopic (exact) mass is 676 g/mol. The van der Waals surface area contributed by atoms with Crippen molar-refractivity contribution in [2.45, 2.75) is 91.1 Å². The first-order valence-electron chi connectivity index (χ1n) is 18.1. The maximum absolute atomic E-state index is 13.9. The number of esters is 1. The number of hydrogen-bond acceptors (Lipinski definition) is 5. The van der Waals surface area contributed by atoms with Gasteiger partial charge >= 0.3 is 5.97 Å². The molecule has 5 nitrogen and oxygen atoms in total. The number of carbonyl (C=O) groups is 1. The summed E-state index contributed by atoms with van der Waals surface area (Å²) in [5.41, 5.74) is 2.02. The van der Waals surface area contributed by atoms with E-state index in [0.717, 1.165) is 35.1 Å². The second-order valence-electron chi connectivity index (χ2n) is 16.7. The van der Waals surface area contributed by atoms with Gasteiger partial charge in [-0.1, -0.05) is 163 Å². The van der Waals surface area contributed by atoms with Gasteiger partial charge in [0.15, 0.2) is 5.60 Å². The molecule has 0 aliphatic carbocycles. The molecular formula is C45H56O5. The molecule has 0 aromatic heterocycles. The van der Waals surface area contributed by atoms with Gasteiger partial charge in [0.2, 0.25) is 0 Å². The van der Waals surface area contributed by atoms with Gasteiger partial charge in [-0.15, -0.1) is 0 Å². The molecule has 0 saturated carbocycles. The lowest BCUT2D eigenvalue weighted by molar-refractivity contribution is -0.169. The molecule has 1 fully saturated rings. The van der Waals surface area contributed by atoms with Crippen LogP contribution in [-0.4, -0.2) is 36.0 Å². The van der Waals surface area contributed by atoms with Gasteiger partial charge in [0.25, 0.3) is 0 Å². The molecule has 50 heavy (non-hydrogen) atoms. The Morgan fingerprint density at radius 3 is 1.58 bits per heavy atom. The number of aliphatic hydroxyl groups is 1. The second kappa shape index (κ2) is 16.1. The van der Waals surface area contributed by atoms with Crippen LogP contribution >= 0.6 is 0 Å². The maximum Gasteiger partial charge on any atom is 0.312 e. The molecule has 266 valence electrons. The maximum atomic E-state index is 13.9.